The lowest BCUT2D eigenvalue weighted by atomic mass is 10.1. The van der Waals surface area contributed by atoms with Gasteiger partial charge in [0.25, 0.3) is 5.91 Å². The van der Waals surface area contributed by atoms with Crippen molar-refractivity contribution in [2.24, 2.45) is 0 Å². The maximum absolute atomic E-state index is 11.5. The summed E-state index contributed by atoms with van der Waals surface area (Å²) in [6, 6.07) is 0. The van der Waals surface area contributed by atoms with Crippen molar-refractivity contribution in [2.45, 2.75) is 32.7 Å². The second kappa shape index (κ2) is 2.83. The number of amides is 1. The van der Waals surface area contributed by atoms with E-state index in [9.17, 15) is 4.79 Å². The molecule has 0 bridgehead atoms. The molecule has 1 aromatic heterocycles. The molecule has 1 aliphatic heterocycles. The van der Waals surface area contributed by atoms with Crippen LogP contribution in [0, 0.1) is 0 Å². The minimum atomic E-state index is -0.0504. The summed E-state index contributed by atoms with van der Waals surface area (Å²) in [6.45, 7) is 6.99. The van der Waals surface area contributed by atoms with Gasteiger partial charge in [-0.05, 0) is 20.8 Å². The smallest absolute Gasteiger partial charge is 0.254 e. The third kappa shape index (κ3) is 1.31. The van der Waals surface area contributed by atoms with Crippen molar-refractivity contribution in [2.75, 3.05) is 6.54 Å². The summed E-state index contributed by atoms with van der Waals surface area (Å²) in [5.41, 5.74) is 1.73. The molecule has 14 heavy (non-hydrogen) atoms. The summed E-state index contributed by atoms with van der Waals surface area (Å²) in [6.07, 6.45) is 2.54. The lowest BCUT2D eigenvalue weighted by Crippen LogP contribution is -2.34. The summed E-state index contributed by atoms with van der Waals surface area (Å²) >= 11 is 0. The first-order valence-electron chi connectivity index (χ1n) is 4.86. The molecule has 0 aromatic carbocycles. The van der Waals surface area contributed by atoms with E-state index in [1.165, 1.54) is 0 Å². The predicted molar refractivity (Wildman–Crippen MR) is 53.3 cm³/mol. The van der Waals surface area contributed by atoms with Crippen LogP contribution in [0.5, 0.6) is 0 Å². The molecule has 0 radical (unpaired) electrons. The van der Waals surface area contributed by atoms with Gasteiger partial charge in [-0.15, -0.1) is 0 Å². The van der Waals surface area contributed by atoms with Crippen LogP contribution in [0.2, 0.25) is 0 Å². The molecule has 1 amide bonds. The van der Waals surface area contributed by atoms with Gasteiger partial charge in [0, 0.05) is 13.0 Å². The SMILES string of the molecule is CC(C)(C)n1ncc2c1CCNC2=O. The Bertz CT molecular complexity index is 373. The Labute approximate surface area is 83.3 Å². The van der Waals surface area contributed by atoms with Crippen LogP contribution in [0.4, 0.5) is 0 Å². The third-order valence-electron chi connectivity index (χ3n) is 2.40. The number of hydrogen-bond donors (Lipinski definition) is 1. The zero-order valence-electron chi connectivity index (χ0n) is 8.79. The van der Waals surface area contributed by atoms with E-state index in [4.69, 9.17) is 0 Å². The van der Waals surface area contributed by atoms with Gasteiger partial charge in [0.1, 0.15) is 0 Å². The number of fused-ring (bicyclic) bond motifs is 1. The molecular formula is C10H15N3O. The molecular weight excluding hydrogens is 178 g/mol. The van der Waals surface area contributed by atoms with Gasteiger partial charge in [-0.3, -0.25) is 9.48 Å². The highest BCUT2D eigenvalue weighted by Gasteiger charge is 2.26. The number of carbonyl (C=O) groups excluding carboxylic acids is 1. The van der Waals surface area contributed by atoms with Crippen molar-refractivity contribution in [1.82, 2.24) is 15.1 Å². The van der Waals surface area contributed by atoms with Crippen molar-refractivity contribution < 1.29 is 4.79 Å². The molecule has 2 rings (SSSR count). The topological polar surface area (TPSA) is 46.9 Å². The van der Waals surface area contributed by atoms with Crippen LogP contribution in [0.15, 0.2) is 6.20 Å². The third-order valence-corrected chi connectivity index (χ3v) is 2.40. The van der Waals surface area contributed by atoms with Crippen molar-refractivity contribution in [1.29, 1.82) is 0 Å². The van der Waals surface area contributed by atoms with E-state index in [2.05, 4.69) is 31.2 Å². The Morgan fingerprint density at radius 3 is 2.86 bits per heavy atom. The fraction of sp³-hybridized carbons (Fsp3) is 0.600. The fourth-order valence-electron chi connectivity index (χ4n) is 1.77. The van der Waals surface area contributed by atoms with Gasteiger partial charge in [0.15, 0.2) is 0 Å². The first-order chi connectivity index (χ1) is 6.50. The molecule has 0 saturated carbocycles. The molecule has 0 fully saturated rings. The van der Waals surface area contributed by atoms with Gasteiger partial charge >= 0.3 is 0 Å². The van der Waals surface area contributed by atoms with Gasteiger partial charge in [0.2, 0.25) is 0 Å². The van der Waals surface area contributed by atoms with Gasteiger partial charge < -0.3 is 5.32 Å². The lowest BCUT2D eigenvalue weighted by Gasteiger charge is -2.24. The number of hydrogen-bond acceptors (Lipinski definition) is 2. The van der Waals surface area contributed by atoms with Gasteiger partial charge in [-0.2, -0.15) is 5.10 Å². The summed E-state index contributed by atoms with van der Waals surface area (Å²) < 4.78 is 1.95. The minimum absolute atomic E-state index is 0.00162. The second-order valence-electron chi connectivity index (χ2n) is 4.59. The Kier molecular flexibility index (Phi) is 1.87. The number of carbonyl (C=O) groups is 1. The van der Waals surface area contributed by atoms with Crippen LogP contribution in [0.1, 0.15) is 36.8 Å². The van der Waals surface area contributed by atoms with Crippen LogP contribution >= 0.6 is 0 Å². The van der Waals surface area contributed by atoms with E-state index in [0.717, 1.165) is 17.7 Å². The summed E-state index contributed by atoms with van der Waals surface area (Å²) in [7, 11) is 0. The molecule has 0 spiro atoms. The maximum Gasteiger partial charge on any atom is 0.254 e. The van der Waals surface area contributed by atoms with E-state index in [1.807, 2.05) is 4.68 Å². The van der Waals surface area contributed by atoms with E-state index >= 15 is 0 Å². The average molecular weight is 193 g/mol. The Morgan fingerprint density at radius 2 is 2.21 bits per heavy atom. The van der Waals surface area contributed by atoms with Gasteiger partial charge in [-0.25, -0.2) is 0 Å². The van der Waals surface area contributed by atoms with Gasteiger partial charge in [0.05, 0.1) is 23.0 Å². The van der Waals surface area contributed by atoms with Crippen molar-refractivity contribution >= 4 is 5.91 Å². The molecule has 4 heteroatoms. The van der Waals surface area contributed by atoms with Crippen LogP contribution in [-0.4, -0.2) is 22.2 Å². The predicted octanol–water partition coefficient (Wildman–Crippen LogP) is 0.924. The zero-order valence-corrected chi connectivity index (χ0v) is 8.79. The molecule has 1 aliphatic rings. The summed E-state index contributed by atoms with van der Waals surface area (Å²) in [5.74, 6) is 0.00162. The maximum atomic E-state index is 11.5. The second-order valence-corrected chi connectivity index (χ2v) is 4.59. The highest BCUT2D eigenvalue weighted by molar-refractivity contribution is 5.96. The van der Waals surface area contributed by atoms with Crippen LogP contribution in [-0.2, 0) is 12.0 Å². The lowest BCUT2D eigenvalue weighted by molar-refractivity contribution is 0.0944. The highest BCUT2D eigenvalue weighted by atomic mass is 16.1. The van der Waals surface area contributed by atoms with E-state index in [0.29, 0.717) is 6.54 Å². The Morgan fingerprint density at radius 1 is 1.50 bits per heavy atom. The Hall–Kier alpha value is -1.32. The molecule has 0 aliphatic carbocycles. The van der Waals surface area contributed by atoms with E-state index in [-0.39, 0.29) is 11.4 Å². The normalized spacial score (nSPS) is 16.4. The van der Waals surface area contributed by atoms with Crippen LogP contribution in [0.3, 0.4) is 0 Å². The molecule has 0 atom stereocenters. The molecule has 4 nitrogen and oxygen atoms in total. The van der Waals surface area contributed by atoms with Crippen LogP contribution < -0.4 is 5.32 Å². The zero-order chi connectivity index (χ0) is 10.3. The summed E-state index contributed by atoms with van der Waals surface area (Å²) in [4.78, 5) is 11.5. The molecule has 76 valence electrons. The van der Waals surface area contributed by atoms with Gasteiger partial charge in [-0.1, -0.05) is 0 Å². The number of nitrogens with zero attached hydrogens (tertiary/aromatic N) is 2. The average Bonchev–Trinajstić information content (AvgIpc) is 2.47. The van der Waals surface area contributed by atoms with Crippen molar-refractivity contribution in [3.63, 3.8) is 0 Å². The first-order valence-corrected chi connectivity index (χ1v) is 4.86. The molecule has 1 N–H and O–H groups in total. The van der Waals surface area contributed by atoms with Crippen molar-refractivity contribution in [3.05, 3.63) is 17.5 Å². The van der Waals surface area contributed by atoms with E-state index < -0.39 is 0 Å². The molecule has 1 aromatic rings. The number of nitrogens with one attached hydrogen (secondary N) is 1. The highest BCUT2D eigenvalue weighted by Crippen LogP contribution is 2.21. The van der Waals surface area contributed by atoms with E-state index in [1.54, 1.807) is 6.20 Å². The summed E-state index contributed by atoms with van der Waals surface area (Å²) in [5, 5.41) is 7.09. The fourth-order valence-corrected chi connectivity index (χ4v) is 1.77. The first kappa shape index (κ1) is 9.24. The molecule has 0 saturated heterocycles. The van der Waals surface area contributed by atoms with Crippen molar-refractivity contribution in [3.8, 4) is 0 Å². The number of rotatable bonds is 0. The number of aromatic nitrogens is 2. The van der Waals surface area contributed by atoms with Crippen LogP contribution in [0.25, 0.3) is 0 Å². The largest absolute Gasteiger partial charge is 0.352 e. The standard InChI is InChI=1S/C10H15N3O/c1-10(2,3)13-8-4-5-11-9(14)7(8)6-12-13/h6H,4-5H2,1-3H3,(H,11,14). The monoisotopic (exact) mass is 193 g/mol. The quantitative estimate of drug-likeness (QED) is 0.666. The molecule has 2 heterocycles. The molecule has 0 unspecified atom stereocenters. The minimum Gasteiger partial charge on any atom is -0.352 e. The Balaban J connectivity index is 2.51.